The highest BCUT2D eigenvalue weighted by Crippen LogP contribution is 2.22. The van der Waals surface area contributed by atoms with E-state index in [0.29, 0.717) is 13.2 Å². The Morgan fingerprint density at radius 1 is 1.14 bits per heavy atom. The Kier molecular flexibility index (Phi) is 8.62. The van der Waals surface area contributed by atoms with E-state index in [1.54, 1.807) is 28.4 Å². The van der Waals surface area contributed by atoms with Crippen LogP contribution in [-0.4, -0.2) is 52.3 Å². The molecule has 1 saturated heterocycles. The fourth-order valence-electron chi connectivity index (χ4n) is 4.23. The van der Waals surface area contributed by atoms with Crippen molar-refractivity contribution in [2.75, 3.05) is 19.7 Å². The van der Waals surface area contributed by atoms with Crippen molar-refractivity contribution in [3.8, 4) is 0 Å². The number of ether oxygens (including phenoxy) is 1. The fraction of sp³-hybridized carbons (Fsp3) is 0.333. The van der Waals surface area contributed by atoms with E-state index >= 15 is 0 Å². The number of benzene rings is 2. The highest BCUT2D eigenvalue weighted by molar-refractivity contribution is 7.10. The van der Waals surface area contributed by atoms with Crippen LogP contribution in [0.15, 0.2) is 60.0 Å². The van der Waals surface area contributed by atoms with Crippen LogP contribution < -0.4 is 0 Å². The Hall–Kier alpha value is -3.63. The number of carbonyl (C=O) groups excluding carboxylic acids is 2. The zero-order valence-electron chi connectivity index (χ0n) is 20.5. The minimum atomic E-state index is -0.555. The molecule has 2 heterocycles. The Bertz CT molecular complexity index is 1260. The van der Waals surface area contributed by atoms with E-state index in [2.05, 4.69) is 0 Å². The molecule has 4 rings (SSSR count). The summed E-state index contributed by atoms with van der Waals surface area (Å²) >= 11 is 1.54. The number of amides is 2. The average Bonchev–Trinajstić information content (AvgIpc) is 3.55. The van der Waals surface area contributed by atoms with Gasteiger partial charge in [-0.2, -0.15) is 0 Å². The van der Waals surface area contributed by atoms with Crippen molar-refractivity contribution >= 4 is 28.8 Å². The zero-order chi connectivity index (χ0) is 26.4. The normalized spacial score (nSPS) is 14.9. The summed E-state index contributed by atoms with van der Waals surface area (Å²) in [5, 5.41) is 13.2. The molecular formula is C27H28FN3O5S. The van der Waals surface area contributed by atoms with E-state index in [0.717, 1.165) is 28.8 Å². The first-order valence-electron chi connectivity index (χ1n) is 12.0. The van der Waals surface area contributed by atoms with Gasteiger partial charge in [0.15, 0.2) is 0 Å². The predicted molar refractivity (Wildman–Crippen MR) is 138 cm³/mol. The number of aryl methyl sites for hydroxylation is 1. The van der Waals surface area contributed by atoms with Crippen molar-refractivity contribution < 1.29 is 23.6 Å². The first-order chi connectivity index (χ1) is 17.8. The molecule has 0 saturated carbocycles. The Morgan fingerprint density at radius 3 is 2.57 bits per heavy atom. The molecule has 1 fully saturated rings. The van der Waals surface area contributed by atoms with Gasteiger partial charge in [0.25, 0.3) is 11.6 Å². The van der Waals surface area contributed by atoms with E-state index in [1.807, 2.05) is 18.4 Å². The van der Waals surface area contributed by atoms with Gasteiger partial charge < -0.3 is 14.5 Å². The van der Waals surface area contributed by atoms with E-state index in [9.17, 15) is 24.1 Å². The Morgan fingerprint density at radius 2 is 1.92 bits per heavy atom. The number of nitro groups is 1. The third-order valence-electron chi connectivity index (χ3n) is 6.31. The fourth-order valence-corrected chi connectivity index (χ4v) is 5.15. The maximum atomic E-state index is 13.7. The van der Waals surface area contributed by atoms with Crippen molar-refractivity contribution in [1.82, 2.24) is 9.80 Å². The molecule has 194 valence electrons. The molecule has 37 heavy (non-hydrogen) atoms. The number of rotatable bonds is 10. The summed E-state index contributed by atoms with van der Waals surface area (Å²) in [4.78, 5) is 41.9. The second-order valence-electron chi connectivity index (χ2n) is 9.03. The summed E-state index contributed by atoms with van der Waals surface area (Å²) in [6.07, 6.45) is 1.42. The van der Waals surface area contributed by atoms with Gasteiger partial charge in [0.05, 0.1) is 17.6 Å². The van der Waals surface area contributed by atoms with Crippen LogP contribution in [0.2, 0.25) is 0 Å². The van der Waals surface area contributed by atoms with Gasteiger partial charge in [-0.05, 0) is 60.5 Å². The largest absolute Gasteiger partial charge is 0.376 e. The molecule has 0 radical (unpaired) electrons. The van der Waals surface area contributed by atoms with Gasteiger partial charge in [0.1, 0.15) is 12.4 Å². The van der Waals surface area contributed by atoms with Crippen LogP contribution in [0.3, 0.4) is 0 Å². The first-order valence-corrected chi connectivity index (χ1v) is 12.9. The molecule has 1 aliphatic heterocycles. The number of hydrogen-bond acceptors (Lipinski definition) is 6. The van der Waals surface area contributed by atoms with Crippen LogP contribution in [0.1, 0.15) is 39.2 Å². The molecule has 8 nitrogen and oxygen atoms in total. The number of thiophene rings is 1. The van der Waals surface area contributed by atoms with Crippen LogP contribution in [0.25, 0.3) is 0 Å². The standard InChI is InChI=1S/C27H28FN3O5S/c1-19-11-13-37-25(19)17-29(15-20-7-9-22(28)10-8-20)26(32)18-30(16-24-6-3-12-36-24)27(33)21-4-2-5-23(14-21)31(34)35/h2,4-5,7-11,13-14,24H,3,6,12,15-18H2,1H3. The Balaban J connectivity index is 1.58. The van der Waals surface area contributed by atoms with Crippen LogP contribution in [0.4, 0.5) is 10.1 Å². The summed E-state index contributed by atoms with van der Waals surface area (Å²) in [6, 6.07) is 13.5. The van der Waals surface area contributed by atoms with E-state index in [1.165, 1.54) is 41.3 Å². The van der Waals surface area contributed by atoms with Crippen molar-refractivity contribution in [2.24, 2.45) is 0 Å². The minimum absolute atomic E-state index is 0.138. The number of carbonyl (C=O) groups is 2. The van der Waals surface area contributed by atoms with Crippen LogP contribution in [0.5, 0.6) is 0 Å². The monoisotopic (exact) mass is 525 g/mol. The van der Waals surface area contributed by atoms with Gasteiger partial charge in [-0.15, -0.1) is 11.3 Å². The molecule has 2 aromatic carbocycles. The number of nitrogens with zero attached hydrogens (tertiary/aromatic N) is 3. The smallest absolute Gasteiger partial charge is 0.270 e. The molecule has 1 unspecified atom stereocenters. The second kappa shape index (κ2) is 12.1. The lowest BCUT2D eigenvalue weighted by atomic mass is 10.1. The third-order valence-corrected chi connectivity index (χ3v) is 7.32. The number of halogens is 1. The summed E-state index contributed by atoms with van der Waals surface area (Å²) < 4.78 is 19.2. The highest BCUT2D eigenvalue weighted by Gasteiger charge is 2.28. The molecule has 10 heteroatoms. The lowest BCUT2D eigenvalue weighted by Crippen LogP contribution is -2.45. The van der Waals surface area contributed by atoms with Crippen molar-refractivity contribution in [3.63, 3.8) is 0 Å². The molecule has 0 N–H and O–H groups in total. The summed E-state index contributed by atoms with van der Waals surface area (Å²) in [5.74, 6) is -1.11. The molecule has 0 aliphatic carbocycles. The van der Waals surface area contributed by atoms with Crippen LogP contribution in [0, 0.1) is 22.9 Å². The topological polar surface area (TPSA) is 93.0 Å². The molecule has 1 aromatic heterocycles. The van der Waals surface area contributed by atoms with Gasteiger partial charge >= 0.3 is 0 Å². The summed E-state index contributed by atoms with van der Waals surface area (Å²) in [7, 11) is 0. The Labute approximate surface area is 218 Å². The first kappa shape index (κ1) is 26.4. The molecule has 2 amide bonds. The van der Waals surface area contributed by atoms with Crippen molar-refractivity contribution in [2.45, 2.75) is 39.0 Å². The van der Waals surface area contributed by atoms with E-state index < -0.39 is 10.8 Å². The van der Waals surface area contributed by atoms with Gasteiger partial charge in [0, 0.05) is 42.3 Å². The molecule has 0 bridgehead atoms. The zero-order valence-corrected chi connectivity index (χ0v) is 21.3. The minimum Gasteiger partial charge on any atom is -0.376 e. The molecule has 1 atom stereocenters. The molecule has 3 aromatic rings. The average molecular weight is 526 g/mol. The summed E-state index contributed by atoms with van der Waals surface area (Å²) in [5.41, 5.74) is 1.77. The quantitative estimate of drug-likeness (QED) is 0.276. The lowest BCUT2D eigenvalue weighted by molar-refractivity contribution is -0.384. The lowest BCUT2D eigenvalue weighted by Gasteiger charge is -2.29. The van der Waals surface area contributed by atoms with E-state index in [4.69, 9.17) is 4.74 Å². The highest BCUT2D eigenvalue weighted by atomic mass is 32.1. The van der Waals surface area contributed by atoms with Crippen LogP contribution >= 0.6 is 11.3 Å². The van der Waals surface area contributed by atoms with Gasteiger partial charge in [-0.1, -0.05) is 18.2 Å². The van der Waals surface area contributed by atoms with Gasteiger partial charge in [-0.25, -0.2) is 4.39 Å². The summed E-state index contributed by atoms with van der Waals surface area (Å²) in [6.45, 7) is 3.14. The van der Waals surface area contributed by atoms with E-state index in [-0.39, 0.29) is 48.7 Å². The molecule has 0 spiro atoms. The molecule has 1 aliphatic rings. The van der Waals surface area contributed by atoms with Crippen molar-refractivity contribution in [3.05, 3.63) is 97.5 Å². The van der Waals surface area contributed by atoms with Crippen LogP contribution in [-0.2, 0) is 22.6 Å². The maximum absolute atomic E-state index is 13.7. The van der Waals surface area contributed by atoms with Crippen molar-refractivity contribution in [1.29, 1.82) is 0 Å². The maximum Gasteiger partial charge on any atom is 0.270 e. The SMILES string of the molecule is Cc1ccsc1CN(Cc1ccc(F)cc1)C(=O)CN(CC1CCCO1)C(=O)c1cccc([N+](=O)[O-])c1. The second-order valence-corrected chi connectivity index (χ2v) is 10.0. The number of non-ortho nitro benzene ring substituents is 1. The number of hydrogen-bond donors (Lipinski definition) is 0. The predicted octanol–water partition coefficient (Wildman–Crippen LogP) is 4.95. The third kappa shape index (κ3) is 6.99. The molecular weight excluding hydrogens is 497 g/mol. The van der Waals surface area contributed by atoms with Gasteiger partial charge in [-0.3, -0.25) is 19.7 Å². The number of nitro benzene ring substituents is 1. The van der Waals surface area contributed by atoms with Gasteiger partial charge in [0.2, 0.25) is 5.91 Å².